The van der Waals surface area contributed by atoms with Crippen LogP contribution >= 0.6 is 23.2 Å². The zero-order chi connectivity index (χ0) is 32.5. The van der Waals surface area contributed by atoms with E-state index in [0.29, 0.717) is 40.5 Å². The highest BCUT2D eigenvalue weighted by atomic mass is 35.5. The number of nitrogens with zero attached hydrogens (tertiary/aromatic N) is 1. The summed E-state index contributed by atoms with van der Waals surface area (Å²) >= 11 is 12.7. The minimum absolute atomic E-state index is 0.0754. The number of nitrogens with one attached hydrogen (secondary N) is 3. The van der Waals surface area contributed by atoms with Crippen LogP contribution in [0.2, 0.25) is 10.0 Å². The SMILES string of the molecule is CCOc1cc([C@@H]2NC(=O)NC(C)=C2C(=O)OC)ccc1OC[C@@H](O)N/N=C\c1cc(Cl)c(OCc2cccc(F)c2)c(Cl)c1. The van der Waals surface area contributed by atoms with Crippen LogP contribution in [0.4, 0.5) is 9.18 Å². The third-order valence-electron chi connectivity index (χ3n) is 6.40. The number of methoxy groups -OCH3 is 1. The van der Waals surface area contributed by atoms with Crippen molar-refractivity contribution < 1.29 is 38.0 Å². The van der Waals surface area contributed by atoms with E-state index in [4.69, 9.17) is 42.1 Å². The van der Waals surface area contributed by atoms with E-state index >= 15 is 0 Å². The smallest absolute Gasteiger partial charge is 0.337 e. The van der Waals surface area contributed by atoms with Gasteiger partial charge in [0.25, 0.3) is 0 Å². The van der Waals surface area contributed by atoms with E-state index in [1.54, 1.807) is 56.3 Å². The molecule has 4 rings (SSSR count). The van der Waals surface area contributed by atoms with Gasteiger partial charge in [-0.15, -0.1) is 0 Å². The molecule has 0 fully saturated rings. The Morgan fingerprint density at radius 1 is 1.11 bits per heavy atom. The summed E-state index contributed by atoms with van der Waals surface area (Å²) in [6.45, 7) is 3.58. The number of amides is 2. The lowest BCUT2D eigenvalue weighted by Gasteiger charge is -2.28. The molecule has 11 nitrogen and oxygen atoms in total. The van der Waals surface area contributed by atoms with Crippen molar-refractivity contribution in [3.8, 4) is 17.2 Å². The van der Waals surface area contributed by atoms with E-state index in [1.807, 2.05) is 0 Å². The van der Waals surface area contributed by atoms with Gasteiger partial charge in [-0.1, -0.05) is 41.4 Å². The lowest BCUT2D eigenvalue weighted by Crippen LogP contribution is -2.45. The third kappa shape index (κ3) is 8.78. The van der Waals surface area contributed by atoms with E-state index in [-0.39, 0.29) is 40.4 Å². The van der Waals surface area contributed by atoms with Crippen molar-refractivity contribution >= 4 is 41.4 Å². The Bertz CT molecular complexity index is 1600. The molecule has 45 heavy (non-hydrogen) atoms. The highest BCUT2D eigenvalue weighted by molar-refractivity contribution is 6.37. The van der Waals surface area contributed by atoms with Gasteiger partial charge in [0.1, 0.15) is 19.0 Å². The summed E-state index contributed by atoms with van der Waals surface area (Å²) in [5.41, 5.74) is 4.88. The summed E-state index contributed by atoms with van der Waals surface area (Å²) in [6.07, 6.45) is 0.190. The van der Waals surface area contributed by atoms with Gasteiger partial charge in [0, 0.05) is 5.70 Å². The molecule has 2 amide bonds. The second-order valence-electron chi connectivity index (χ2n) is 9.65. The molecule has 1 aliphatic heterocycles. The third-order valence-corrected chi connectivity index (χ3v) is 6.96. The molecular weight excluding hydrogens is 630 g/mol. The number of hydrazone groups is 1. The number of hydrogen-bond acceptors (Lipinski definition) is 9. The number of aliphatic hydroxyl groups excluding tert-OH is 1. The van der Waals surface area contributed by atoms with E-state index in [9.17, 15) is 19.1 Å². The molecule has 0 saturated heterocycles. The molecule has 14 heteroatoms. The maximum absolute atomic E-state index is 13.4. The summed E-state index contributed by atoms with van der Waals surface area (Å²) in [5.74, 6) is -0.0669. The van der Waals surface area contributed by atoms with Crippen LogP contribution in [-0.2, 0) is 16.1 Å². The summed E-state index contributed by atoms with van der Waals surface area (Å²) in [6, 6.07) is 12.8. The summed E-state index contributed by atoms with van der Waals surface area (Å²) in [5, 5.41) is 20.2. The number of carbonyl (C=O) groups excluding carboxylic acids is 2. The molecule has 0 radical (unpaired) electrons. The van der Waals surface area contributed by atoms with Crippen molar-refractivity contribution in [2.45, 2.75) is 32.7 Å². The fourth-order valence-electron chi connectivity index (χ4n) is 4.39. The molecule has 238 valence electrons. The molecular formula is C31H31Cl2FN4O7. The Balaban J connectivity index is 1.37. The number of allylic oxidation sites excluding steroid dienone is 1. The molecule has 0 aromatic heterocycles. The minimum Gasteiger partial charge on any atom is -0.490 e. The first-order valence-electron chi connectivity index (χ1n) is 13.7. The highest BCUT2D eigenvalue weighted by Crippen LogP contribution is 2.36. The number of esters is 1. The van der Waals surface area contributed by atoms with Crippen LogP contribution in [0.25, 0.3) is 0 Å². The van der Waals surface area contributed by atoms with Crippen LogP contribution in [0.5, 0.6) is 17.2 Å². The van der Waals surface area contributed by atoms with Crippen molar-refractivity contribution in [1.82, 2.24) is 16.1 Å². The molecule has 4 N–H and O–H groups in total. The quantitative estimate of drug-likeness (QED) is 0.0846. The molecule has 0 spiro atoms. The average Bonchev–Trinajstić information content (AvgIpc) is 2.99. The molecule has 0 saturated carbocycles. The van der Waals surface area contributed by atoms with Gasteiger partial charge in [0.15, 0.2) is 23.5 Å². The minimum atomic E-state index is -1.21. The van der Waals surface area contributed by atoms with E-state index in [2.05, 4.69) is 21.2 Å². The average molecular weight is 662 g/mol. The number of rotatable bonds is 13. The molecule has 1 aliphatic rings. The molecule has 0 aliphatic carbocycles. The zero-order valence-electron chi connectivity index (χ0n) is 24.5. The van der Waals surface area contributed by atoms with Crippen molar-refractivity contribution in [2.75, 3.05) is 20.3 Å². The fourth-order valence-corrected chi connectivity index (χ4v) is 5.01. The molecule has 0 unspecified atom stereocenters. The lowest BCUT2D eigenvalue weighted by molar-refractivity contribution is -0.136. The number of aliphatic hydroxyl groups is 1. The van der Waals surface area contributed by atoms with Crippen LogP contribution in [0.1, 0.15) is 36.6 Å². The summed E-state index contributed by atoms with van der Waals surface area (Å²) < 4.78 is 35.5. The highest BCUT2D eigenvalue weighted by Gasteiger charge is 2.32. The Hall–Kier alpha value is -4.52. The lowest BCUT2D eigenvalue weighted by atomic mass is 9.95. The van der Waals surface area contributed by atoms with Gasteiger partial charge in [-0.2, -0.15) is 5.10 Å². The number of halogens is 3. The Kier molecular flexibility index (Phi) is 11.5. The topological polar surface area (TPSA) is 140 Å². The van der Waals surface area contributed by atoms with Crippen molar-refractivity contribution in [3.05, 3.63) is 98.4 Å². The Morgan fingerprint density at radius 3 is 2.56 bits per heavy atom. The maximum Gasteiger partial charge on any atom is 0.337 e. The standard InChI is InChI=1S/C31H31Cl2FN4O7/c1-4-43-25-13-20(28-27(30(40)42-3)17(2)36-31(41)37-28)8-9-24(25)44-16-26(39)38-35-14-19-11-22(32)29(23(33)12-19)45-15-18-6-5-7-21(34)10-18/h5-14,26,28,38-39H,4,15-16H2,1-3H3,(H2,36,37,41)/b35-14-/t26-,28+/m1/s1. The molecule has 3 aromatic rings. The summed E-state index contributed by atoms with van der Waals surface area (Å²) in [4.78, 5) is 24.6. The zero-order valence-corrected chi connectivity index (χ0v) is 26.0. The van der Waals surface area contributed by atoms with Crippen LogP contribution in [-0.4, -0.2) is 49.9 Å². The fraction of sp³-hybridized carbons (Fsp3) is 0.258. The van der Waals surface area contributed by atoms with Gasteiger partial charge in [-0.05, 0) is 66.9 Å². The van der Waals surface area contributed by atoms with Gasteiger partial charge >= 0.3 is 12.0 Å². The molecule has 3 aromatic carbocycles. The second kappa shape index (κ2) is 15.5. The van der Waals surface area contributed by atoms with Crippen LogP contribution < -0.4 is 30.3 Å². The Morgan fingerprint density at radius 2 is 1.87 bits per heavy atom. The van der Waals surface area contributed by atoms with E-state index in [0.717, 1.165) is 0 Å². The predicted molar refractivity (Wildman–Crippen MR) is 166 cm³/mol. The number of carbonyl (C=O) groups is 2. The van der Waals surface area contributed by atoms with E-state index in [1.165, 1.54) is 25.5 Å². The van der Waals surface area contributed by atoms with Crippen LogP contribution in [0, 0.1) is 5.82 Å². The van der Waals surface area contributed by atoms with Crippen LogP contribution in [0.15, 0.2) is 71.0 Å². The molecule has 1 heterocycles. The van der Waals surface area contributed by atoms with Gasteiger partial charge < -0.3 is 34.7 Å². The summed E-state index contributed by atoms with van der Waals surface area (Å²) in [7, 11) is 1.26. The first kappa shape index (κ1) is 33.4. The van der Waals surface area contributed by atoms with Crippen LogP contribution in [0.3, 0.4) is 0 Å². The number of hydrogen-bond donors (Lipinski definition) is 4. The first-order chi connectivity index (χ1) is 21.6. The van der Waals surface area contributed by atoms with Gasteiger partial charge in [-0.3, -0.25) is 5.43 Å². The number of ether oxygens (including phenoxy) is 4. The van der Waals surface area contributed by atoms with Crippen molar-refractivity contribution in [2.24, 2.45) is 5.10 Å². The largest absolute Gasteiger partial charge is 0.490 e. The van der Waals surface area contributed by atoms with Gasteiger partial charge in [-0.25, -0.2) is 14.0 Å². The molecule has 2 atom stereocenters. The Labute approximate surface area is 268 Å². The first-order valence-corrected chi connectivity index (χ1v) is 14.4. The van der Waals surface area contributed by atoms with Gasteiger partial charge in [0.2, 0.25) is 0 Å². The predicted octanol–water partition coefficient (Wildman–Crippen LogP) is 5.23. The second-order valence-corrected chi connectivity index (χ2v) is 10.5. The maximum atomic E-state index is 13.4. The monoisotopic (exact) mass is 660 g/mol. The molecule has 0 bridgehead atoms. The number of benzene rings is 3. The number of urea groups is 1. The normalized spacial score (nSPS) is 15.3. The van der Waals surface area contributed by atoms with E-state index < -0.39 is 24.3 Å². The van der Waals surface area contributed by atoms with Crippen molar-refractivity contribution in [1.29, 1.82) is 0 Å². The van der Waals surface area contributed by atoms with Crippen molar-refractivity contribution in [3.63, 3.8) is 0 Å². The van der Waals surface area contributed by atoms with Gasteiger partial charge in [0.05, 0.1) is 41.6 Å².